The molecular weight excluding hydrogens is 320 g/mol. The number of nitrogens with two attached hydrogens (primary N) is 1. The minimum atomic E-state index is -0.476. The first-order chi connectivity index (χ1) is 12.7. The van der Waals surface area contributed by atoms with Crippen molar-refractivity contribution in [2.24, 2.45) is 5.73 Å². The second-order valence-electron chi connectivity index (χ2n) is 9.29. The maximum absolute atomic E-state index is 7.15. The van der Waals surface area contributed by atoms with Crippen LogP contribution in [-0.4, -0.2) is 30.0 Å². The lowest BCUT2D eigenvalue weighted by atomic mass is 9.90. The molecule has 1 atom stereocenters. The molecular formula is C22H44N4. The average molecular weight is 365 g/mol. The Balaban J connectivity index is 1.67. The molecule has 0 heterocycles. The average Bonchev–Trinajstić information content (AvgIpc) is 2.68. The van der Waals surface area contributed by atoms with Gasteiger partial charge in [-0.15, -0.1) is 0 Å². The molecule has 0 bridgehead atoms. The number of hydrogen-bond acceptors (Lipinski definition) is 4. The van der Waals surface area contributed by atoms with E-state index in [9.17, 15) is 0 Å². The molecule has 0 aromatic heterocycles. The smallest absolute Gasteiger partial charge is 0.137 e. The van der Waals surface area contributed by atoms with E-state index in [-0.39, 0.29) is 0 Å². The van der Waals surface area contributed by atoms with Crippen LogP contribution in [0.2, 0.25) is 0 Å². The Morgan fingerprint density at radius 3 is 1.46 bits per heavy atom. The zero-order chi connectivity index (χ0) is 18.2. The summed E-state index contributed by atoms with van der Waals surface area (Å²) in [6, 6.07) is 2.10. The van der Waals surface area contributed by atoms with Gasteiger partial charge in [0.05, 0.1) is 6.04 Å². The number of nitrogens with one attached hydrogen (secondary N) is 3. The van der Waals surface area contributed by atoms with Crippen molar-refractivity contribution in [2.75, 3.05) is 0 Å². The molecule has 5 N–H and O–H groups in total. The van der Waals surface area contributed by atoms with Crippen LogP contribution in [0, 0.1) is 0 Å². The largest absolute Gasteiger partial charge is 0.307 e. The van der Waals surface area contributed by atoms with Crippen LogP contribution in [0.4, 0.5) is 0 Å². The maximum atomic E-state index is 7.15. The third kappa shape index (κ3) is 5.92. The third-order valence-electron chi connectivity index (χ3n) is 7.10. The molecule has 0 aromatic carbocycles. The molecule has 0 aromatic rings. The van der Waals surface area contributed by atoms with Crippen molar-refractivity contribution in [2.45, 2.75) is 140 Å². The van der Waals surface area contributed by atoms with Crippen LogP contribution in [-0.2, 0) is 0 Å². The number of hydrogen-bond donors (Lipinski definition) is 4. The standard InChI is InChI=1S/C22H44N4/c1-2-21(24-18-12-6-3-7-13-18)22(23,25-19-14-8-4-9-15-19)26-20-16-10-5-11-17-20/h18-21,24-26H,2-17,23H2,1H3. The van der Waals surface area contributed by atoms with Gasteiger partial charge in [-0.25, -0.2) is 0 Å². The van der Waals surface area contributed by atoms with Crippen molar-refractivity contribution < 1.29 is 0 Å². The van der Waals surface area contributed by atoms with Gasteiger partial charge in [-0.1, -0.05) is 64.7 Å². The molecule has 3 rings (SSSR count). The fourth-order valence-corrected chi connectivity index (χ4v) is 5.54. The van der Waals surface area contributed by atoms with Gasteiger partial charge < -0.3 is 5.32 Å². The monoisotopic (exact) mass is 364 g/mol. The quantitative estimate of drug-likeness (QED) is 0.489. The van der Waals surface area contributed by atoms with Crippen LogP contribution in [0.15, 0.2) is 0 Å². The topological polar surface area (TPSA) is 62.1 Å². The molecule has 3 saturated carbocycles. The molecule has 3 aliphatic rings. The lowest BCUT2D eigenvalue weighted by molar-refractivity contribution is 0.111. The summed E-state index contributed by atoms with van der Waals surface area (Å²) in [5.74, 6) is -0.476. The second kappa shape index (κ2) is 10.4. The highest BCUT2D eigenvalue weighted by atomic mass is 15.4. The van der Waals surface area contributed by atoms with Crippen molar-refractivity contribution in [3.05, 3.63) is 0 Å². The molecule has 0 saturated heterocycles. The minimum absolute atomic E-state index is 0.300. The van der Waals surface area contributed by atoms with E-state index in [4.69, 9.17) is 5.73 Å². The van der Waals surface area contributed by atoms with Crippen LogP contribution in [0.3, 0.4) is 0 Å². The minimum Gasteiger partial charge on any atom is -0.307 e. The van der Waals surface area contributed by atoms with Gasteiger partial charge in [0.1, 0.15) is 5.79 Å². The van der Waals surface area contributed by atoms with E-state index in [1.807, 2.05) is 0 Å². The number of rotatable bonds is 8. The summed E-state index contributed by atoms with van der Waals surface area (Å²) >= 11 is 0. The molecule has 4 nitrogen and oxygen atoms in total. The fourth-order valence-electron chi connectivity index (χ4n) is 5.54. The van der Waals surface area contributed by atoms with Crippen LogP contribution in [0.1, 0.15) is 110 Å². The zero-order valence-corrected chi connectivity index (χ0v) is 17.2. The molecule has 0 spiro atoms. The highest BCUT2D eigenvalue weighted by Crippen LogP contribution is 2.24. The molecule has 3 fully saturated rings. The molecule has 152 valence electrons. The lowest BCUT2D eigenvalue weighted by Crippen LogP contribution is -2.77. The molecule has 4 heteroatoms. The Morgan fingerprint density at radius 2 is 1.08 bits per heavy atom. The van der Waals surface area contributed by atoms with Crippen molar-refractivity contribution in [1.29, 1.82) is 0 Å². The normalized spacial score (nSPS) is 26.1. The Morgan fingerprint density at radius 1 is 0.692 bits per heavy atom. The van der Waals surface area contributed by atoms with Crippen molar-refractivity contribution in [3.8, 4) is 0 Å². The lowest BCUT2D eigenvalue weighted by Gasteiger charge is -2.46. The Hall–Kier alpha value is -0.160. The van der Waals surface area contributed by atoms with E-state index >= 15 is 0 Å². The first kappa shape index (κ1) is 20.6. The Kier molecular flexibility index (Phi) is 8.23. The summed E-state index contributed by atoms with van der Waals surface area (Å²) in [6.07, 6.45) is 21.2. The van der Waals surface area contributed by atoms with Crippen molar-refractivity contribution in [1.82, 2.24) is 16.0 Å². The summed E-state index contributed by atoms with van der Waals surface area (Å²) < 4.78 is 0. The molecule has 0 radical (unpaired) electrons. The molecule has 3 aliphatic carbocycles. The summed E-state index contributed by atoms with van der Waals surface area (Å²) in [4.78, 5) is 0. The Labute approximate surface area is 161 Å². The SMILES string of the molecule is CCC(NC1CCCCC1)C(N)(NC1CCCCC1)NC1CCCCC1. The van der Waals surface area contributed by atoms with Gasteiger partial charge in [0.25, 0.3) is 0 Å². The van der Waals surface area contributed by atoms with Gasteiger partial charge in [0.2, 0.25) is 0 Å². The highest BCUT2D eigenvalue weighted by molar-refractivity contribution is 4.98. The van der Waals surface area contributed by atoms with Crippen LogP contribution >= 0.6 is 0 Å². The van der Waals surface area contributed by atoms with Gasteiger partial charge in [-0.2, -0.15) is 0 Å². The summed E-state index contributed by atoms with van der Waals surface area (Å²) in [7, 11) is 0. The fraction of sp³-hybridized carbons (Fsp3) is 1.00. The van der Waals surface area contributed by atoms with E-state index in [1.54, 1.807) is 0 Å². The van der Waals surface area contributed by atoms with Crippen LogP contribution < -0.4 is 21.7 Å². The predicted octanol–water partition coefficient (Wildman–Crippen LogP) is 4.14. The van der Waals surface area contributed by atoms with E-state index in [1.165, 1.54) is 96.3 Å². The maximum Gasteiger partial charge on any atom is 0.137 e. The van der Waals surface area contributed by atoms with Gasteiger partial charge >= 0.3 is 0 Å². The van der Waals surface area contributed by atoms with Crippen molar-refractivity contribution in [3.63, 3.8) is 0 Å². The third-order valence-corrected chi connectivity index (χ3v) is 7.10. The first-order valence-corrected chi connectivity index (χ1v) is 11.8. The highest BCUT2D eigenvalue weighted by Gasteiger charge is 2.39. The van der Waals surface area contributed by atoms with Gasteiger partial charge in [0, 0.05) is 18.1 Å². The summed E-state index contributed by atoms with van der Waals surface area (Å²) in [5.41, 5.74) is 7.15. The van der Waals surface area contributed by atoms with Gasteiger partial charge in [-0.3, -0.25) is 16.4 Å². The van der Waals surface area contributed by atoms with Crippen LogP contribution in [0.25, 0.3) is 0 Å². The van der Waals surface area contributed by atoms with E-state index < -0.39 is 5.79 Å². The van der Waals surface area contributed by atoms with Crippen LogP contribution in [0.5, 0.6) is 0 Å². The van der Waals surface area contributed by atoms with E-state index in [0.29, 0.717) is 24.2 Å². The molecule has 0 amide bonds. The Bertz CT molecular complexity index is 362. The second-order valence-corrected chi connectivity index (χ2v) is 9.29. The molecule has 0 aliphatic heterocycles. The molecule has 1 unspecified atom stereocenters. The van der Waals surface area contributed by atoms with Gasteiger partial charge in [-0.05, 0) is 44.9 Å². The van der Waals surface area contributed by atoms with E-state index in [2.05, 4.69) is 22.9 Å². The summed E-state index contributed by atoms with van der Waals surface area (Å²) in [6.45, 7) is 2.30. The predicted molar refractivity (Wildman–Crippen MR) is 111 cm³/mol. The van der Waals surface area contributed by atoms with Crippen molar-refractivity contribution >= 4 is 0 Å². The van der Waals surface area contributed by atoms with Gasteiger partial charge in [0.15, 0.2) is 0 Å². The zero-order valence-electron chi connectivity index (χ0n) is 17.2. The van der Waals surface area contributed by atoms with E-state index in [0.717, 1.165) is 6.42 Å². The first-order valence-electron chi connectivity index (χ1n) is 11.8. The summed E-state index contributed by atoms with van der Waals surface area (Å²) in [5, 5.41) is 11.8. The molecule has 26 heavy (non-hydrogen) atoms.